The molecule has 1 N–H and O–H groups in total. The highest BCUT2D eigenvalue weighted by molar-refractivity contribution is 7.89. The van der Waals surface area contributed by atoms with Crippen molar-refractivity contribution >= 4 is 27.6 Å². The van der Waals surface area contributed by atoms with Crippen molar-refractivity contribution < 1.29 is 17.9 Å². The van der Waals surface area contributed by atoms with E-state index in [-0.39, 0.29) is 16.7 Å². The lowest BCUT2D eigenvalue weighted by atomic mass is 10.4. The molecule has 0 saturated carbocycles. The number of hydrogen-bond donors (Lipinski definition) is 1. The van der Waals surface area contributed by atoms with Gasteiger partial charge in [0.25, 0.3) is 10.0 Å². The van der Waals surface area contributed by atoms with Crippen LogP contribution in [0.15, 0.2) is 11.2 Å². The molecule has 0 radical (unpaired) electrons. The van der Waals surface area contributed by atoms with Gasteiger partial charge in [0.15, 0.2) is 5.03 Å². The Kier molecular flexibility index (Phi) is 4.71. The minimum Gasteiger partial charge on any atom is -0.465 e. The van der Waals surface area contributed by atoms with Crippen molar-refractivity contribution in [1.29, 1.82) is 0 Å². The van der Waals surface area contributed by atoms with Gasteiger partial charge in [-0.1, -0.05) is 11.6 Å². The fourth-order valence-corrected chi connectivity index (χ4v) is 3.15. The summed E-state index contributed by atoms with van der Waals surface area (Å²) in [5, 5.41) is 3.51. The van der Waals surface area contributed by atoms with E-state index in [9.17, 15) is 13.2 Å². The molecular formula is C9H14ClN3O4S. The topological polar surface area (TPSA) is 90.3 Å². The van der Waals surface area contributed by atoms with E-state index < -0.39 is 22.0 Å². The lowest BCUT2D eigenvalue weighted by molar-refractivity contribution is -0.144. The summed E-state index contributed by atoms with van der Waals surface area (Å²) in [5.41, 5.74) is 0. The van der Waals surface area contributed by atoms with Gasteiger partial charge in [0, 0.05) is 7.05 Å². The summed E-state index contributed by atoms with van der Waals surface area (Å²) in [6.45, 7) is 3.20. The Morgan fingerprint density at radius 2 is 2.28 bits per heavy atom. The highest BCUT2D eigenvalue weighted by Gasteiger charge is 2.27. The maximum Gasteiger partial charge on any atom is 0.323 e. The second kappa shape index (κ2) is 5.68. The number of carbonyl (C=O) groups is 1. The lowest BCUT2D eigenvalue weighted by Crippen LogP contribution is -2.40. The number of hydrogen-bond acceptors (Lipinski definition) is 5. The highest BCUT2D eigenvalue weighted by Crippen LogP contribution is 2.19. The Hall–Kier alpha value is -1.12. The smallest absolute Gasteiger partial charge is 0.323 e. The zero-order chi connectivity index (χ0) is 13.9. The average Bonchev–Trinajstić information content (AvgIpc) is 2.58. The molecule has 1 rings (SSSR count). The van der Waals surface area contributed by atoms with E-state index in [2.05, 4.69) is 9.82 Å². The van der Waals surface area contributed by atoms with E-state index in [1.165, 1.54) is 20.2 Å². The summed E-state index contributed by atoms with van der Waals surface area (Å²) in [4.78, 5) is 11.4. The van der Waals surface area contributed by atoms with E-state index in [1.807, 2.05) is 0 Å². The summed E-state index contributed by atoms with van der Waals surface area (Å²) in [7, 11) is -2.48. The summed E-state index contributed by atoms with van der Waals surface area (Å²) in [6, 6.07) is -0.999. The van der Waals surface area contributed by atoms with Crippen molar-refractivity contribution in [1.82, 2.24) is 14.5 Å². The monoisotopic (exact) mass is 295 g/mol. The van der Waals surface area contributed by atoms with Gasteiger partial charge in [-0.3, -0.25) is 9.48 Å². The molecule has 0 aliphatic heterocycles. The molecule has 0 spiro atoms. The minimum absolute atomic E-state index is 0.0129. The van der Waals surface area contributed by atoms with Gasteiger partial charge in [-0.2, -0.15) is 9.82 Å². The Bertz CT molecular complexity index is 521. The highest BCUT2D eigenvalue weighted by atomic mass is 35.5. The van der Waals surface area contributed by atoms with Crippen molar-refractivity contribution in [3.8, 4) is 0 Å². The molecule has 1 atom stereocenters. The molecule has 0 bridgehead atoms. The molecule has 0 aliphatic carbocycles. The van der Waals surface area contributed by atoms with E-state index in [1.54, 1.807) is 6.92 Å². The third kappa shape index (κ3) is 3.21. The van der Waals surface area contributed by atoms with Crippen molar-refractivity contribution in [2.24, 2.45) is 7.05 Å². The van der Waals surface area contributed by atoms with Gasteiger partial charge in [-0.15, -0.1) is 0 Å². The first-order chi connectivity index (χ1) is 8.29. The van der Waals surface area contributed by atoms with Crippen molar-refractivity contribution in [3.05, 3.63) is 11.2 Å². The molecule has 18 heavy (non-hydrogen) atoms. The second-order valence-corrected chi connectivity index (χ2v) is 5.55. The van der Waals surface area contributed by atoms with E-state index >= 15 is 0 Å². The standard InChI is InChI=1S/C9H14ClN3O4S/c1-4-17-9(14)6(2)12-18(15,16)8-7(10)5-11-13(8)3/h5-6,12H,4H2,1-3H3. The number of halogens is 1. The van der Waals surface area contributed by atoms with Crippen LogP contribution in [0.3, 0.4) is 0 Å². The average molecular weight is 296 g/mol. The lowest BCUT2D eigenvalue weighted by Gasteiger charge is -2.13. The second-order valence-electron chi connectivity index (χ2n) is 3.52. The molecule has 1 unspecified atom stereocenters. The number of carbonyl (C=O) groups excluding carboxylic acids is 1. The molecule has 1 aromatic heterocycles. The van der Waals surface area contributed by atoms with Gasteiger partial charge in [-0.05, 0) is 13.8 Å². The zero-order valence-corrected chi connectivity index (χ0v) is 11.7. The number of rotatable bonds is 5. The molecule has 0 aromatic carbocycles. The fourth-order valence-electron chi connectivity index (χ4n) is 1.31. The summed E-state index contributed by atoms with van der Waals surface area (Å²) in [5.74, 6) is -0.653. The van der Waals surface area contributed by atoms with Crippen LogP contribution in [0.5, 0.6) is 0 Å². The van der Waals surface area contributed by atoms with Gasteiger partial charge in [0.05, 0.1) is 17.8 Å². The normalized spacial score (nSPS) is 13.3. The molecule has 102 valence electrons. The molecule has 0 saturated heterocycles. The van der Waals surface area contributed by atoms with Crippen LogP contribution in [0.25, 0.3) is 0 Å². The SMILES string of the molecule is CCOC(=O)C(C)NS(=O)(=O)c1c(Cl)cnn1C. The van der Waals surface area contributed by atoms with Gasteiger partial charge in [0.1, 0.15) is 6.04 Å². The number of aryl methyl sites for hydroxylation is 1. The molecule has 9 heteroatoms. The molecule has 0 aliphatic rings. The molecule has 0 amide bonds. The Labute approximate surface area is 110 Å². The first-order valence-electron chi connectivity index (χ1n) is 5.16. The van der Waals surface area contributed by atoms with Crippen LogP contribution in [0.2, 0.25) is 5.02 Å². The van der Waals surface area contributed by atoms with Crippen LogP contribution in [0, 0.1) is 0 Å². The van der Waals surface area contributed by atoms with Gasteiger partial charge < -0.3 is 4.74 Å². The molecular weight excluding hydrogens is 282 g/mol. The number of aromatic nitrogens is 2. The largest absolute Gasteiger partial charge is 0.465 e. The first kappa shape index (κ1) is 14.9. The van der Waals surface area contributed by atoms with E-state index in [4.69, 9.17) is 16.3 Å². The van der Waals surface area contributed by atoms with Crippen LogP contribution in [0.4, 0.5) is 0 Å². The number of esters is 1. The summed E-state index contributed by atoms with van der Waals surface area (Å²) < 4.78 is 32.0. The van der Waals surface area contributed by atoms with Crippen molar-refractivity contribution in [2.45, 2.75) is 24.9 Å². The van der Waals surface area contributed by atoms with Crippen LogP contribution in [0.1, 0.15) is 13.8 Å². The quantitative estimate of drug-likeness (QED) is 0.789. The van der Waals surface area contributed by atoms with Gasteiger partial charge in [-0.25, -0.2) is 8.42 Å². The zero-order valence-electron chi connectivity index (χ0n) is 10.2. The van der Waals surface area contributed by atoms with Crippen LogP contribution in [-0.2, 0) is 26.6 Å². The predicted octanol–water partition coefficient (Wildman–Crippen LogP) is 0.303. The molecule has 1 aromatic rings. The molecule has 7 nitrogen and oxygen atoms in total. The molecule has 1 heterocycles. The minimum atomic E-state index is -3.92. The van der Waals surface area contributed by atoms with Gasteiger partial charge in [0.2, 0.25) is 0 Å². The number of ether oxygens (including phenoxy) is 1. The summed E-state index contributed by atoms with van der Waals surface area (Å²) >= 11 is 5.74. The Morgan fingerprint density at radius 1 is 1.67 bits per heavy atom. The van der Waals surface area contributed by atoms with E-state index in [0.717, 1.165) is 4.68 Å². The maximum absolute atomic E-state index is 12.0. The Balaban J connectivity index is 2.93. The predicted molar refractivity (Wildman–Crippen MR) is 64.6 cm³/mol. The fraction of sp³-hybridized carbons (Fsp3) is 0.556. The van der Waals surface area contributed by atoms with Crippen molar-refractivity contribution in [2.75, 3.05) is 6.61 Å². The Morgan fingerprint density at radius 3 is 2.72 bits per heavy atom. The van der Waals surface area contributed by atoms with E-state index in [0.29, 0.717) is 0 Å². The van der Waals surface area contributed by atoms with Gasteiger partial charge >= 0.3 is 5.97 Å². The third-order valence-corrected chi connectivity index (χ3v) is 4.11. The van der Waals surface area contributed by atoms with Crippen LogP contribution in [-0.4, -0.2) is 36.8 Å². The maximum atomic E-state index is 12.0. The van der Waals surface area contributed by atoms with Crippen molar-refractivity contribution in [3.63, 3.8) is 0 Å². The summed E-state index contributed by atoms with van der Waals surface area (Å²) in [6.07, 6.45) is 1.21. The van der Waals surface area contributed by atoms with Crippen LogP contribution >= 0.6 is 11.6 Å². The first-order valence-corrected chi connectivity index (χ1v) is 7.02. The number of nitrogens with one attached hydrogen (secondary N) is 1. The third-order valence-electron chi connectivity index (χ3n) is 2.07. The van der Waals surface area contributed by atoms with Crippen LogP contribution < -0.4 is 4.72 Å². The number of nitrogens with zero attached hydrogens (tertiary/aromatic N) is 2. The number of sulfonamides is 1. The molecule has 0 fully saturated rings.